The Bertz CT molecular complexity index is 1270. The first-order valence-electron chi connectivity index (χ1n) is 15.9. The van der Waals surface area contributed by atoms with Gasteiger partial charge in [-0.15, -0.1) is 0 Å². The van der Waals surface area contributed by atoms with Gasteiger partial charge in [-0.05, 0) is 143 Å². The second kappa shape index (κ2) is 3.97. The van der Waals surface area contributed by atoms with E-state index in [0.29, 0.717) is 0 Å². The van der Waals surface area contributed by atoms with Crippen molar-refractivity contribution in [2.45, 2.75) is 31.4 Å². The summed E-state index contributed by atoms with van der Waals surface area (Å²) in [5.74, 6) is 15.7. The second-order valence-corrected chi connectivity index (χ2v) is 17.0. The van der Waals surface area contributed by atoms with E-state index in [9.17, 15) is 0 Å². The first-order valence-corrected chi connectivity index (χ1v) is 15.9. The van der Waals surface area contributed by atoms with E-state index in [2.05, 4.69) is 30.0 Å². The molecular weight excluding hydrogens is 430 g/mol. The van der Waals surface area contributed by atoms with Gasteiger partial charge in [0.1, 0.15) is 5.72 Å². The zero-order chi connectivity index (χ0) is 22.1. The summed E-state index contributed by atoms with van der Waals surface area (Å²) in [6.07, 6.45) is 6.54. The molecule has 21 unspecified atom stereocenters. The van der Waals surface area contributed by atoms with Gasteiger partial charge in [-0.2, -0.15) is 0 Å². The molecule has 0 aliphatic heterocycles. The van der Waals surface area contributed by atoms with Crippen LogP contribution in [0.3, 0.4) is 0 Å². The molecule has 0 aromatic heterocycles. The molecule has 0 radical (unpaired) electrons. The van der Waals surface area contributed by atoms with E-state index in [1.807, 2.05) is 0 Å². The van der Waals surface area contributed by atoms with Gasteiger partial charge in [-0.25, -0.2) is 0 Å². The minimum absolute atomic E-state index is 0.0182. The summed E-state index contributed by atoms with van der Waals surface area (Å²) in [4.78, 5) is 0. The molecule has 14 aliphatic rings. The van der Waals surface area contributed by atoms with E-state index in [1.165, 1.54) is 35.5 Å². The van der Waals surface area contributed by atoms with Gasteiger partial charge in [0.15, 0.2) is 0 Å². The monoisotopic (exact) mass is 469 g/mol. The van der Waals surface area contributed by atoms with Gasteiger partial charge in [0.25, 0.3) is 0 Å². The lowest BCUT2D eigenvalue weighted by Gasteiger charge is -3.25. The van der Waals surface area contributed by atoms with Crippen LogP contribution in [0.5, 0.6) is 0 Å². The minimum Gasteiger partial charge on any atom is -0.359 e. The van der Waals surface area contributed by atoms with Gasteiger partial charge in [0, 0.05) is 31.5 Å². The highest BCUT2D eigenvalue weighted by molar-refractivity contribution is 5.73. The largest absolute Gasteiger partial charge is 0.359 e. The molecule has 21 atom stereocenters. The van der Waals surface area contributed by atoms with Gasteiger partial charge in [0.05, 0.1) is 6.61 Å². The molecule has 14 aliphatic carbocycles. The molecule has 35 heavy (non-hydrogen) atoms. The first-order chi connectivity index (χ1) is 17.3. The van der Waals surface area contributed by atoms with Crippen molar-refractivity contribution in [2.75, 3.05) is 40.3 Å². The Morgan fingerprint density at radius 3 is 1.94 bits per heavy atom. The number of likely N-dealkylation sites (N-methyl/N-ethyl adjacent to an activating group) is 2. The average molecular weight is 470 g/mol. The molecule has 6 spiro atoms. The molecule has 0 aromatic rings. The molecular formula is C31H39N3O. The lowest BCUT2D eigenvalue weighted by atomic mass is 8.78. The molecule has 0 amide bonds. The van der Waals surface area contributed by atoms with Crippen molar-refractivity contribution >= 4 is 0 Å². The zero-order valence-electron chi connectivity index (χ0n) is 21.1. The Morgan fingerprint density at radius 1 is 0.600 bits per heavy atom. The number of hydrogen-bond acceptors (Lipinski definition) is 4. The molecule has 184 valence electrons. The Morgan fingerprint density at radius 2 is 1.23 bits per heavy atom. The molecule has 0 bridgehead atoms. The van der Waals surface area contributed by atoms with E-state index in [1.54, 1.807) is 25.7 Å². The van der Waals surface area contributed by atoms with E-state index < -0.39 is 0 Å². The van der Waals surface area contributed by atoms with E-state index in [0.717, 1.165) is 106 Å². The molecule has 4 heteroatoms. The van der Waals surface area contributed by atoms with Crippen molar-refractivity contribution in [2.24, 2.45) is 115 Å². The van der Waals surface area contributed by atoms with E-state index in [4.69, 9.17) is 4.74 Å². The van der Waals surface area contributed by atoms with E-state index in [-0.39, 0.29) is 5.72 Å². The van der Waals surface area contributed by atoms with E-state index >= 15 is 0 Å². The topological polar surface area (TPSA) is 45.3 Å². The number of nitrogens with one attached hydrogen (secondary N) is 3. The highest BCUT2D eigenvalue weighted by Gasteiger charge is 3.28. The maximum atomic E-state index is 7.40. The number of ether oxygens (including phenoxy) is 1. The van der Waals surface area contributed by atoms with Crippen molar-refractivity contribution in [1.82, 2.24) is 16.0 Å². The Hall–Kier alpha value is -0.160. The molecule has 3 N–H and O–H groups in total. The third-order valence-corrected chi connectivity index (χ3v) is 19.6. The van der Waals surface area contributed by atoms with Crippen molar-refractivity contribution in [3.05, 3.63) is 0 Å². The van der Waals surface area contributed by atoms with Crippen LogP contribution >= 0.6 is 0 Å². The fourth-order valence-electron chi connectivity index (χ4n) is 21.6. The second-order valence-electron chi connectivity index (χ2n) is 17.0. The quantitative estimate of drug-likeness (QED) is 0.376. The van der Waals surface area contributed by atoms with Crippen LogP contribution in [-0.4, -0.2) is 46.1 Å². The Labute approximate surface area is 207 Å². The van der Waals surface area contributed by atoms with Crippen LogP contribution in [-0.2, 0) is 4.74 Å². The summed E-state index contributed by atoms with van der Waals surface area (Å²) in [5, 5.41) is 11.2. The number of hydrogen-bond donors (Lipinski definition) is 3. The fourth-order valence-corrected chi connectivity index (χ4v) is 21.6. The van der Waals surface area contributed by atoms with Gasteiger partial charge < -0.3 is 15.4 Å². The summed E-state index contributed by atoms with van der Waals surface area (Å²) in [5.41, 5.74) is 5.19. The summed E-state index contributed by atoms with van der Waals surface area (Å²) < 4.78 is 7.40. The summed E-state index contributed by atoms with van der Waals surface area (Å²) >= 11 is 0. The van der Waals surface area contributed by atoms with Gasteiger partial charge in [-0.3, -0.25) is 5.32 Å². The van der Waals surface area contributed by atoms with Crippen LogP contribution in [0, 0.1) is 115 Å². The van der Waals surface area contributed by atoms with Crippen LogP contribution in [0.15, 0.2) is 0 Å². The predicted octanol–water partition coefficient (Wildman–Crippen LogP) is 2.02. The van der Waals surface area contributed by atoms with Crippen molar-refractivity contribution in [1.29, 1.82) is 0 Å². The smallest absolute Gasteiger partial charge is 0.126 e. The number of rotatable bonds is 8. The van der Waals surface area contributed by atoms with Gasteiger partial charge in [-0.1, -0.05) is 0 Å². The molecule has 14 fully saturated rings. The van der Waals surface area contributed by atoms with Gasteiger partial charge >= 0.3 is 0 Å². The fraction of sp³-hybridized carbons (Fsp3) is 1.00. The lowest BCUT2D eigenvalue weighted by molar-refractivity contribution is -0.798. The Balaban J connectivity index is 1.01. The van der Waals surface area contributed by atoms with Crippen LogP contribution < -0.4 is 16.0 Å². The third-order valence-electron chi connectivity index (χ3n) is 19.6. The first kappa shape index (κ1) is 17.4. The maximum Gasteiger partial charge on any atom is 0.126 e. The standard InChI is InChI=1S/C31H39N3O/c1-32-3-4-34-31(35-6-5-33-2)23-16-10-12-9-14-18-21-20-17-13-7-11-8-15-19-22-24(31)30(21,29(18,23)26(12,14)16)28(20,22)27(17,19)25(11,13)15/h11-24,32-34H,3-10H2,1-2H3. The maximum absolute atomic E-state index is 7.40. The van der Waals surface area contributed by atoms with Crippen molar-refractivity contribution in [3.8, 4) is 0 Å². The summed E-state index contributed by atoms with van der Waals surface area (Å²) in [6.45, 7) is 4.08. The van der Waals surface area contributed by atoms with Crippen molar-refractivity contribution in [3.63, 3.8) is 0 Å². The normalized spacial score (nSPS) is 87.3. The third kappa shape index (κ3) is 0.818. The Kier molecular flexibility index (Phi) is 1.98. The van der Waals surface area contributed by atoms with Crippen LogP contribution in [0.25, 0.3) is 0 Å². The molecule has 4 nitrogen and oxygen atoms in total. The zero-order valence-corrected chi connectivity index (χ0v) is 21.1. The minimum atomic E-state index is 0.0182. The molecule has 14 saturated carbocycles. The van der Waals surface area contributed by atoms with Crippen molar-refractivity contribution < 1.29 is 4.74 Å². The van der Waals surface area contributed by atoms with Crippen LogP contribution in [0.2, 0.25) is 0 Å². The number of fused-ring (bicyclic) bond motifs is 9. The molecule has 0 aromatic carbocycles. The lowest BCUT2D eigenvalue weighted by Crippen LogP contribution is -3.23. The summed E-state index contributed by atoms with van der Waals surface area (Å²) in [7, 11) is 4.24. The predicted molar refractivity (Wildman–Crippen MR) is 126 cm³/mol. The van der Waals surface area contributed by atoms with Crippen LogP contribution in [0.4, 0.5) is 0 Å². The summed E-state index contributed by atoms with van der Waals surface area (Å²) in [6, 6.07) is 0. The highest BCUT2D eigenvalue weighted by atomic mass is 16.5. The molecule has 0 saturated heterocycles. The highest BCUT2D eigenvalue weighted by Crippen LogP contribution is 3.29. The molecule has 0 heterocycles. The average Bonchev–Trinajstić information content (AvgIpc) is 2.92. The van der Waals surface area contributed by atoms with Crippen LogP contribution in [0.1, 0.15) is 25.7 Å². The SMILES string of the molecule is CNCCNC1(OCCNC)C2C3CC4CC5C6C7C8C9C%10CC%11CC%12C%13C%14C1C7(C62C453)C8%14C9%13C%11%10%12. The van der Waals surface area contributed by atoms with Gasteiger partial charge in [0.2, 0.25) is 0 Å². The molecule has 14 rings (SSSR count).